The lowest BCUT2D eigenvalue weighted by Gasteiger charge is -2.07. The van der Waals surface area contributed by atoms with E-state index >= 15 is 0 Å². The second kappa shape index (κ2) is 7.27. The minimum absolute atomic E-state index is 0.148. The van der Waals surface area contributed by atoms with Crippen LogP contribution in [0, 0.1) is 10.1 Å². The fraction of sp³-hybridized carbons (Fsp3) is 0.455. The molecule has 0 aliphatic heterocycles. The van der Waals surface area contributed by atoms with Crippen molar-refractivity contribution >= 4 is 17.5 Å². The highest BCUT2D eigenvalue weighted by atomic mass is 16.6. The third-order valence-electron chi connectivity index (χ3n) is 2.40. The first-order valence-electron chi connectivity index (χ1n) is 5.88. The molecule has 3 N–H and O–H groups in total. The molecule has 0 saturated carbocycles. The van der Waals surface area contributed by atoms with Gasteiger partial charge in [0.25, 0.3) is 0 Å². The normalized spacial score (nSPS) is 10.2. The predicted octanol–water partition coefficient (Wildman–Crippen LogP) is 1.10. The van der Waals surface area contributed by atoms with Gasteiger partial charge in [-0.2, -0.15) is 0 Å². The van der Waals surface area contributed by atoms with Gasteiger partial charge in [0.05, 0.1) is 17.3 Å². The van der Waals surface area contributed by atoms with Gasteiger partial charge in [0.15, 0.2) is 6.20 Å². The van der Waals surface area contributed by atoms with Gasteiger partial charge in [-0.3, -0.25) is 0 Å². The van der Waals surface area contributed by atoms with E-state index in [9.17, 15) is 14.9 Å². The molecule has 0 aromatic carbocycles. The number of hydrogen-bond donors (Lipinski definition) is 3. The number of carboxylic acid groups (broad SMARTS) is 1. The second-order valence-corrected chi connectivity index (χ2v) is 3.78. The second-order valence-electron chi connectivity index (χ2n) is 3.78. The van der Waals surface area contributed by atoms with E-state index in [1.54, 1.807) is 0 Å². The van der Waals surface area contributed by atoms with Crippen molar-refractivity contribution in [2.45, 2.75) is 13.3 Å². The zero-order valence-electron chi connectivity index (χ0n) is 10.5. The third kappa shape index (κ3) is 4.51. The van der Waals surface area contributed by atoms with Crippen LogP contribution in [-0.2, 0) is 0 Å². The SMILES string of the molecule is CCNCCCNc1cnc([N+](=O)[O-])cc1C(=O)O. The van der Waals surface area contributed by atoms with Gasteiger partial charge in [0.1, 0.15) is 0 Å². The number of nitro groups is 1. The molecule has 0 amide bonds. The lowest BCUT2D eigenvalue weighted by atomic mass is 10.2. The first-order valence-corrected chi connectivity index (χ1v) is 5.88. The van der Waals surface area contributed by atoms with Crippen LogP contribution in [0.2, 0.25) is 0 Å². The lowest BCUT2D eigenvalue weighted by molar-refractivity contribution is -0.389. The van der Waals surface area contributed by atoms with E-state index in [-0.39, 0.29) is 11.3 Å². The summed E-state index contributed by atoms with van der Waals surface area (Å²) < 4.78 is 0. The highest BCUT2D eigenvalue weighted by Crippen LogP contribution is 2.19. The van der Waals surface area contributed by atoms with Gasteiger partial charge in [-0.25, -0.2) is 4.79 Å². The van der Waals surface area contributed by atoms with Crippen LogP contribution in [-0.4, -0.2) is 40.6 Å². The highest BCUT2D eigenvalue weighted by molar-refractivity contribution is 5.94. The number of carboxylic acids is 1. The highest BCUT2D eigenvalue weighted by Gasteiger charge is 2.17. The first-order chi connectivity index (χ1) is 9.06. The summed E-state index contributed by atoms with van der Waals surface area (Å²) in [5, 5.41) is 25.6. The van der Waals surface area contributed by atoms with Gasteiger partial charge in [0.2, 0.25) is 0 Å². The standard InChI is InChI=1S/C11H16N4O4/c1-2-12-4-3-5-13-9-7-14-10(15(18)19)6-8(9)11(16)17/h6-7,12-13H,2-5H2,1H3,(H,16,17). The van der Waals surface area contributed by atoms with Crippen molar-refractivity contribution in [3.63, 3.8) is 0 Å². The molecular weight excluding hydrogens is 252 g/mol. The molecule has 0 bridgehead atoms. The van der Waals surface area contributed by atoms with Gasteiger partial charge in [0, 0.05) is 6.54 Å². The number of nitrogens with zero attached hydrogens (tertiary/aromatic N) is 2. The van der Waals surface area contributed by atoms with Crippen LogP contribution in [0.4, 0.5) is 11.5 Å². The molecule has 0 saturated heterocycles. The molecule has 1 rings (SSSR count). The molecule has 0 atom stereocenters. The number of nitrogens with one attached hydrogen (secondary N) is 2. The molecule has 0 fully saturated rings. The van der Waals surface area contributed by atoms with Crippen molar-refractivity contribution in [1.82, 2.24) is 10.3 Å². The monoisotopic (exact) mass is 268 g/mol. The largest absolute Gasteiger partial charge is 0.478 e. The summed E-state index contributed by atoms with van der Waals surface area (Å²) in [5.74, 6) is -1.70. The zero-order chi connectivity index (χ0) is 14.3. The van der Waals surface area contributed by atoms with E-state index in [1.807, 2.05) is 6.92 Å². The Morgan fingerprint density at radius 1 is 1.53 bits per heavy atom. The van der Waals surface area contributed by atoms with Crippen molar-refractivity contribution in [1.29, 1.82) is 0 Å². The molecule has 0 aliphatic rings. The summed E-state index contributed by atoms with van der Waals surface area (Å²) >= 11 is 0. The number of rotatable bonds is 8. The molecule has 104 valence electrons. The average molecular weight is 268 g/mol. The smallest absolute Gasteiger partial charge is 0.364 e. The van der Waals surface area contributed by atoms with E-state index < -0.39 is 16.7 Å². The topological polar surface area (TPSA) is 117 Å². The maximum atomic E-state index is 11.0. The molecular formula is C11H16N4O4. The quantitative estimate of drug-likeness (QED) is 0.367. The summed E-state index contributed by atoms with van der Waals surface area (Å²) in [7, 11) is 0. The number of pyridine rings is 1. The number of anilines is 1. The van der Waals surface area contributed by atoms with Crippen LogP contribution in [0.5, 0.6) is 0 Å². The molecule has 0 aliphatic carbocycles. The summed E-state index contributed by atoms with van der Waals surface area (Å²) in [5.41, 5.74) is 0.139. The number of aromatic carboxylic acids is 1. The van der Waals surface area contributed by atoms with Gasteiger partial charge in [-0.05, 0) is 29.4 Å². The maximum Gasteiger partial charge on any atom is 0.364 e. The fourth-order valence-electron chi connectivity index (χ4n) is 1.48. The van der Waals surface area contributed by atoms with Crippen molar-refractivity contribution in [2.75, 3.05) is 25.0 Å². The van der Waals surface area contributed by atoms with Crippen molar-refractivity contribution < 1.29 is 14.8 Å². The Hall–Kier alpha value is -2.22. The summed E-state index contributed by atoms with van der Waals surface area (Å²) in [6.07, 6.45) is 1.98. The Balaban J connectivity index is 2.71. The van der Waals surface area contributed by atoms with Crippen LogP contribution in [0.3, 0.4) is 0 Å². The number of aromatic nitrogens is 1. The van der Waals surface area contributed by atoms with E-state index in [2.05, 4.69) is 15.6 Å². The zero-order valence-corrected chi connectivity index (χ0v) is 10.5. The molecule has 0 radical (unpaired) electrons. The average Bonchev–Trinajstić information content (AvgIpc) is 2.38. The Bertz CT molecular complexity index is 464. The molecule has 0 spiro atoms. The van der Waals surface area contributed by atoms with Gasteiger partial charge in [-0.1, -0.05) is 6.92 Å². The van der Waals surface area contributed by atoms with E-state index in [1.165, 1.54) is 6.20 Å². The van der Waals surface area contributed by atoms with Gasteiger partial charge < -0.3 is 25.9 Å². The van der Waals surface area contributed by atoms with Crippen molar-refractivity contribution in [3.8, 4) is 0 Å². The Morgan fingerprint density at radius 3 is 2.84 bits per heavy atom. The fourth-order valence-corrected chi connectivity index (χ4v) is 1.48. The minimum Gasteiger partial charge on any atom is -0.478 e. The number of carbonyl (C=O) groups is 1. The van der Waals surface area contributed by atoms with E-state index in [4.69, 9.17) is 5.11 Å². The third-order valence-corrected chi connectivity index (χ3v) is 2.40. The van der Waals surface area contributed by atoms with Crippen molar-refractivity contribution in [3.05, 3.63) is 27.9 Å². The minimum atomic E-state index is -1.22. The van der Waals surface area contributed by atoms with Gasteiger partial charge >= 0.3 is 11.8 Å². The van der Waals surface area contributed by atoms with Crippen molar-refractivity contribution in [2.24, 2.45) is 0 Å². The molecule has 1 aromatic rings. The summed E-state index contributed by atoms with van der Waals surface area (Å²) in [4.78, 5) is 24.4. The lowest BCUT2D eigenvalue weighted by Crippen LogP contribution is -2.18. The van der Waals surface area contributed by atoms with E-state index in [0.29, 0.717) is 6.54 Å². The molecule has 8 nitrogen and oxygen atoms in total. The van der Waals surface area contributed by atoms with Crippen LogP contribution in [0.25, 0.3) is 0 Å². The maximum absolute atomic E-state index is 11.0. The number of hydrogen-bond acceptors (Lipinski definition) is 6. The summed E-state index contributed by atoms with van der Waals surface area (Å²) in [6.45, 7) is 4.24. The van der Waals surface area contributed by atoms with Crippen LogP contribution in [0.1, 0.15) is 23.7 Å². The Labute approximate surface area is 110 Å². The molecule has 19 heavy (non-hydrogen) atoms. The van der Waals surface area contributed by atoms with E-state index in [0.717, 1.165) is 25.6 Å². The van der Waals surface area contributed by atoms with Crippen LogP contribution < -0.4 is 10.6 Å². The van der Waals surface area contributed by atoms with Gasteiger partial charge in [-0.15, -0.1) is 0 Å². The Morgan fingerprint density at radius 2 is 2.26 bits per heavy atom. The van der Waals surface area contributed by atoms with Crippen LogP contribution in [0.15, 0.2) is 12.3 Å². The Kier molecular flexibility index (Phi) is 5.68. The first kappa shape index (κ1) is 14.8. The molecule has 8 heteroatoms. The van der Waals surface area contributed by atoms with Crippen LogP contribution >= 0.6 is 0 Å². The molecule has 0 unspecified atom stereocenters. The summed E-state index contributed by atoms with van der Waals surface area (Å²) in [6, 6.07) is 0.953. The molecule has 1 heterocycles. The molecule has 1 aromatic heterocycles. The predicted molar refractivity (Wildman–Crippen MR) is 69.5 cm³/mol.